The largest absolute Gasteiger partial charge is 0.417 e. The van der Waals surface area contributed by atoms with Gasteiger partial charge < -0.3 is 0 Å². The molecule has 0 radical (unpaired) electrons. The molecule has 0 bridgehead atoms. The smallest absolute Gasteiger partial charge is 0.294 e. The van der Waals surface area contributed by atoms with Crippen LogP contribution >= 0.6 is 0 Å². The molecule has 2 aromatic carbocycles. The summed E-state index contributed by atoms with van der Waals surface area (Å²) in [7, 11) is 0. The molecule has 5 heteroatoms. The van der Waals surface area contributed by atoms with Gasteiger partial charge >= 0.3 is 6.18 Å². The van der Waals surface area contributed by atoms with Gasteiger partial charge in [-0.25, -0.2) is 4.39 Å². The van der Waals surface area contributed by atoms with Crippen molar-refractivity contribution in [2.24, 2.45) is 0 Å². The summed E-state index contributed by atoms with van der Waals surface area (Å²) in [6.45, 7) is 1.86. The minimum Gasteiger partial charge on any atom is -0.294 e. The molecule has 0 amide bonds. The van der Waals surface area contributed by atoms with Crippen molar-refractivity contribution in [2.45, 2.75) is 19.5 Å². The number of aryl methyl sites for hydroxylation is 1. The number of halogens is 4. The van der Waals surface area contributed by atoms with Crippen LogP contribution in [0, 0.1) is 12.7 Å². The van der Waals surface area contributed by atoms with Gasteiger partial charge in [-0.1, -0.05) is 29.8 Å². The molecule has 0 saturated carbocycles. The van der Waals surface area contributed by atoms with Crippen molar-refractivity contribution in [3.05, 3.63) is 70.5 Å². The quantitative estimate of drug-likeness (QED) is 0.598. The van der Waals surface area contributed by atoms with E-state index in [1.807, 2.05) is 6.92 Å². The zero-order valence-corrected chi connectivity index (χ0v) is 11.2. The second kappa shape index (κ2) is 5.68. The number of ketones is 1. The van der Waals surface area contributed by atoms with Gasteiger partial charge in [0.05, 0.1) is 5.56 Å². The maximum atomic E-state index is 13.2. The van der Waals surface area contributed by atoms with Crippen molar-refractivity contribution in [3.8, 4) is 0 Å². The minimum absolute atomic E-state index is 0.202. The van der Waals surface area contributed by atoms with E-state index in [0.29, 0.717) is 23.8 Å². The summed E-state index contributed by atoms with van der Waals surface area (Å²) in [5.41, 5.74) is -0.181. The van der Waals surface area contributed by atoms with E-state index in [9.17, 15) is 22.4 Å². The highest BCUT2D eigenvalue weighted by Gasteiger charge is 2.35. The number of carbonyl (C=O) groups excluding carboxylic acids is 1. The number of alkyl halides is 3. The molecular weight excluding hydrogens is 284 g/mol. The van der Waals surface area contributed by atoms with Crippen molar-refractivity contribution < 1.29 is 22.4 Å². The van der Waals surface area contributed by atoms with E-state index in [4.69, 9.17) is 0 Å². The molecule has 110 valence electrons. The Kier molecular flexibility index (Phi) is 4.11. The van der Waals surface area contributed by atoms with E-state index < -0.39 is 28.9 Å². The highest BCUT2D eigenvalue weighted by Crippen LogP contribution is 2.33. The van der Waals surface area contributed by atoms with Crippen LogP contribution in [-0.4, -0.2) is 5.78 Å². The molecule has 21 heavy (non-hydrogen) atoms. The van der Waals surface area contributed by atoms with E-state index >= 15 is 0 Å². The Morgan fingerprint density at radius 3 is 2.24 bits per heavy atom. The van der Waals surface area contributed by atoms with Crippen molar-refractivity contribution in [1.29, 1.82) is 0 Å². The summed E-state index contributed by atoms with van der Waals surface area (Å²) in [5, 5.41) is 0. The number of hydrogen-bond acceptors (Lipinski definition) is 1. The van der Waals surface area contributed by atoms with Crippen LogP contribution in [-0.2, 0) is 12.6 Å². The zero-order chi connectivity index (χ0) is 15.6. The van der Waals surface area contributed by atoms with Gasteiger partial charge in [0.2, 0.25) is 0 Å². The molecule has 0 aliphatic carbocycles. The second-order valence-corrected chi connectivity index (χ2v) is 4.77. The standard InChI is InChI=1S/C16H12F4O/c1-10-2-4-11(5-3-10)8-15(21)13-9-12(17)6-7-14(13)16(18,19)20/h2-7,9H,8H2,1H3. The minimum atomic E-state index is -4.69. The van der Waals surface area contributed by atoms with Crippen LogP contribution in [0.5, 0.6) is 0 Å². The molecule has 0 N–H and O–H groups in total. The Labute approximate surface area is 119 Å². The average Bonchev–Trinajstić information content (AvgIpc) is 2.40. The number of hydrogen-bond donors (Lipinski definition) is 0. The van der Waals surface area contributed by atoms with Crippen molar-refractivity contribution in [2.75, 3.05) is 0 Å². The summed E-state index contributed by atoms with van der Waals surface area (Å²) < 4.78 is 51.7. The highest BCUT2D eigenvalue weighted by molar-refractivity contribution is 5.99. The Morgan fingerprint density at radius 2 is 1.67 bits per heavy atom. The first-order valence-electron chi connectivity index (χ1n) is 6.23. The fourth-order valence-electron chi connectivity index (χ4n) is 1.98. The molecule has 0 atom stereocenters. The lowest BCUT2D eigenvalue weighted by atomic mass is 9.97. The van der Waals surface area contributed by atoms with E-state index in [0.717, 1.165) is 5.56 Å². The first-order valence-corrected chi connectivity index (χ1v) is 6.23. The maximum Gasteiger partial charge on any atom is 0.417 e. The third kappa shape index (κ3) is 3.68. The molecule has 0 aliphatic heterocycles. The lowest BCUT2D eigenvalue weighted by Crippen LogP contribution is -2.15. The topological polar surface area (TPSA) is 17.1 Å². The Bertz CT molecular complexity index is 657. The van der Waals surface area contributed by atoms with Crippen LogP contribution in [0.1, 0.15) is 27.0 Å². The SMILES string of the molecule is Cc1ccc(CC(=O)c2cc(F)ccc2C(F)(F)F)cc1. The monoisotopic (exact) mass is 296 g/mol. The van der Waals surface area contributed by atoms with Crippen LogP contribution in [0.2, 0.25) is 0 Å². The van der Waals surface area contributed by atoms with Crippen molar-refractivity contribution in [1.82, 2.24) is 0 Å². The Hall–Kier alpha value is -2.17. The molecule has 1 nitrogen and oxygen atoms in total. The summed E-state index contributed by atoms with van der Waals surface area (Å²) in [5.74, 6) is -1.62. The zero-order valence-electron chi connectivity index (χ0n) is 11.2. The normalized spacial score (nSPS) is 11.5. The Balaban J connectivity index is 2.34. The predicted octanol–water partition coefficient (Wildman–Crippen LogP) is 4.58. The number of carbonyl (C=O) groups is 1. The average molecular weight is 296 g/mol. The van der Waals surface area contributed by atoms with Gasteiger partial charge in [-0.15, -0.1) is 0 Å². The third-order valence-electron chi connectivity index (χ3n) is 3.07. The summed E-state index contributed by atoms with van der Waals surface area (Å²) >= 11 is 0. The molecule has 2 rings (SSSR count). The molecular formula is C16H12F4O. The van der Waals surface area contributed by atoms with Crippen LogP contribution < -0.4 is 0 Å². The Morgan fingerprint density at radius 1 is 1.05 bits per heavy atom. The van der Waals surface area contributed by atoms with Gasteiger partial charge in [0, 0.05) is 12.0 Å². The third-order valence-corrected chi connectivity index (χ3v) is 3.07. The van der Waals surface area contributed by atoms with Crippen LogP contribution in [0.15, 0.2) is 42.5 Å². The van der Waals surface area contributed by atoms with Gasteiger partial charge in [-0.05, 0) is 30.7 Å². The van der Waals surface area contributed by atoms with Gasteiger partial charge in [-0.3, -0.25) is 4.79 Å². The fraction of sp³-hybridized carbons (Fsp3) is 0.188. The van der Waals surface area contributed by atoms with E-state index in [1.54, 1.807) is 24.3 Å². The van der Waals surface area contributed by atoms with Crippen LogP contribution in [0.4, 0.5) is 17.6 Å². The first kappa shape index (κ1) is 15.2. The van der Waals surface area contributed by atoms with Gasteiger partial charge in [-0.2, -0.15) is 13.2 Å². The molecule has 0 saturated heterocycles. The number of Topliss-reactive ketones (excluding diaryl/α,β-unsaturated/α-hetero) is 1. The lowest BCUT2D eigenvalue weighted by Gasteiger charge is -2.12. The van der Waals surface area contributed by atoms with Crippen LogP contribution in [0.25, 0.3) is 0 Å². The lowest BCUT2D eigenvalue weighted by molar-refractivity contribution is -0.137. The van der Waals surface area contributed by atoms with Crippen LogP contribution in [0.3, 0.4) is 0 Å². The van der Waals surface area contributed by atoms with Crippen molar-refractivity contribution in [3.63, 3.8) is 0 Å². The molecule has 0 fully saturated rings. The first-order chi connectivity index (χ1) is 9.77. The summed E-state index contributed by atoms with van der Waals surface area (Å²) in [6.07, 6.45) is -4.89. The molecule has 0 aliphatic rings. The summed E-state index contributed by atoms with van der Waals surface area (Å²) in [4.78, 5) is 12.1. The highest BCUT2D eigenvalue weighted by atomic mass is 19.4. The summed E-state index contributed by atoms with van der Waals surface area (Å²) in [6, 6.07) is 8.79. The van der Waals surface area contributed by atoms with Gasteiger partial charge in [0.15, 0.2) is 5.78 Å². The number of rotatable bonds is 3. The van der Waals surface area contributed by atoms with E-state index in [-0.39, 0.29) is 6.42 Å². The predicted molar refractivity (Wildman–Crippen MR) is 70.6 cm³/mol. The number of benzene rings is 2. The van der Waals surface area contributed by atoms with Gasteiger partial charge in [0.25, 0.3) is 0 Å². The molecule has 2 aromatic rings. The second-order valence-electron chi connectivity index (χ2n) is 4.77. The molecule has 0 unspecified atom stereocenters. The van der Waals surface area contributed by atoms with E-state index in [1.165, 1.54) is 0 Å². The fourth-order valence-corrected chi connectivity index (χ4v) is 1.98. The molecule has 0 heterocycles. The maximum absolute atomic E-state index is 13.2. The molecule has 0 aromatic heterocycles. The molecule has 0 spiro atoms. The van der Waals surface area contributed by atoms with E-state index in [2.05, 4.69) is 0 Å². The van der Waals surface area contributed by atoms with Gasteiger partial charge in [0.1, 0.15) is 5.82 Å². The van der Waals surface area contributed by atoms with Crippen molar-refractivity contribution >= 4 is 5.78 Å².